The quantitative estimate of drug-likeness (QED) is 0.675. The number of rotatable bonds is 2. The molecule has 0 bridgehead atoms. The molecular formula is C17H19N5O. The highest BCUT2D eigenvalue weighted by atomic mass is 16.3. The fraction of sp³-hybridized carbons (Fsp3) is 0.294. The molecule has 1 aliphatic rings. The molecule has 0 amide bonds. The van der Waals surface area contributed by atoms with Crippen molar-refractivity contribution in [3.05, 3.63) is 36.4 Å². The molecule has 1 fully saturated rings. The number of nitrogens with two attached hydrogens (primary N) is 1. The van der Waals surface area contributed by atoms with Gasteiger partial charge in [-0.15, -0.1) is 10.2 Å². The number of H-pyrrole nitrogens is 1. The molecule has 6 heteroatoms. The Kier molecular flexibility index (Phi) is 3.38. The summed E-state index contributed by atoms with van der Waals surface area (Å²) in [5.74, 6) is 1.26. The summed E-state index contributed by atoms with van der Waals surface area (Å²) in [7, 11) is 0. The number of piperidine rings is 1. The van der Waals surface area contributed by atoms with Crippen LogP contribution in [-0.4, -0.2) is 39.4 Å². The van der Waals surface area contributed by atoms with Gasteiger partial charge < -0.3 is 20.7 Å². The molecule has 1 saturated heterocycles. The van der Waals surface area contributed by atoms with Crippen LogP contribution in [0.5, 0.6) is 5.75 Å². The van der Waals surface area contributed by atoms with Crippen LogP contribution in [0.15, 0.2) is 36.4 Å². The smallest absolute Gasteiger partial charge is 0.161 e. The molecule has 3 heterocycles. The van der Waals surface area contributed by atoms with Gasteiger partial charge in [-0.3, -0.25) is 0 Å². The first-order chi connectivity index (χ1) is 11.2. The molecule has 23 heavy (non-hydrogen) atoms. The van der Waals surface area contributed by atoms with Crippen LogP contribution in [0.1, 0.15) is 12.8 Å². The third kappa shape index (κ3) is 2.61. The highest BCUT2D eigenvalue weighted by Gasteiger charge is 2.18. The SMILES string of the molecule is NC1CCN(c2cc3cc(-c4ccccc4O)nnc3[nH]2)CC1. The number of nitrogens with zero attached hydrogens (tertiary/aromatic N) is 3. The van der Waals surface area contributed by atoms with Crippen LogP contribution in [0, 0.1) is 0 Å². The largest absolute Gasteiger partial charge is 0.507 e. The van der Waals surface area contributed by atoms with E-state index in [2.05, 4.69) is 26.1 Å². The van der Waals surface area contributed by atoms with Gasteiger partial charge in [0.1, 0.15) is 11.6 Å². The minimum absolute atomic E-state index is 0.210. The number of fused-ring (bicyclic) bond motifs is 1. The Balaban J connectivity index is 1.69. The van der Waals surface area contributed by atoms with Crippen molar-refractivity contribution in [2.75, 3.05) is 18.0 Å². The van der Waals surface area contributed by atoms with Crippen LogP contribution in [0.4, 0.5) is 5.82 Å². The Labute approximate surface area is 133 Å². The molecule has 118 valence electrons. The van der Waals surface area contributed by atoms with E-state index in [1.165, 1.54) is 0 Å². The van der Waals surface area contributed by atoms with E-state index in [-0.39, 0.29) is 5.75 Å². The van der Waals surface area contributed by atoms with Crippen molar-refractivity contribution in [3.63, 3.8) is 0 Å². The minimum atomic E-state index is 0.210. The van der Waals surface area contributed by atoms with Gasteiger partial charge in [-0.1, -0.05) is 12.1 Å². The van der Waals surface area contributed by atoms with E-state index < -0.39 is 0 Å². The molecular weight excluding hydrogens is 290 g/mol. The maximum absolute atomic E-state index is 9.97. The van der Waals surface area contributed by atoms with Gasteiger partial charge in [-0.2, -0.15) is 0 Å². The first kappa shape index (κ1) is 14.0. The number of aromatic amines is 1. The number of para-hydroxylation sites is 1. The van der Waals surface area contributed by atoms with Gasteiger partial charge >= 0.3 is 0 Å². The molecule has 0 atom stereocenters. The van der Waals surface area contributed by atoms with Crippen LogP contribution in [0.3, 0.4) is 0 Å². The van der Waals surface area contributed by atoms with E-state index in [4.69, 9.17) is 5.73 Å². The lowest BCUT2D eigenvalue weighted by atomic mass is 10.1. The van der Waals surface area contributed by atoms with Crippen molar-refractivity contribution in [1.29, 1.82) is 0 Å². The summed E-state index contributed by atoms with van der Waals surface area (Å²) in [6, 6.07) is 11.5. The Hall–Kier alpha value is -2.60. The van der Waals surface area contributed by atoms with E-state index in [0.29, 0.717) is 17.3 Å². The molecule has 0 saturated carbocycles. The topological polar surface area (TPSA) is 91.1 Å². The van der Waals surface area contributed by atoms with Crippen LogP contribution in [-0.2, 0) is 0 Å². The third-order valence-corrected chi connectivity index (χ3v) is 4.42. The lowest BCUT2D eigenvalue weighted by molar-refractivity contribution is 0.477. The normalized spacial score (nSPS) is 16.1. The zero-order valence-electron chi connectivity index (χ0n) is 12.7. The molecule has 4 N–H and O–H groups in total. The summed E-state index contributed by atoms with van der Waals surface area (Å²) in [4.78, 5) is 5.62. The fourth-order valence-electron chi connectivity index (χ4n) is 3.05. The lowest BCUT2D eigenvalue weighted by Crippen LogP contribution is -2.39. The zero-order valence-corrected chi connectivity index (χ0v) is 12.7. The average molecular weight is 309 g/mol. The highest BCUT2D eigenvalue weighted by molar-refractivity contribution is 5.84. The molecule has 0 radical (unpaired) electrons. The second kappa shape index (κ2) is 5.55. The van der Waals surface area contributed by atoms with Crippen LogP contribution in [0.2, 0.25) is 0 Å². The summed E-state index contributed by atoms with van der Waals surface area (Å²) >= 11 is 0. The maximum Gasteiger partial charge on any atom is 0.161 e. The van der Waals surface area contributed by atoms with Gasteiger partial charge in [0.2, 0.25) is 0 Å². The molecule has 1 aromatic carbocycles. The Morgan fingerprint density at radius 3 is 2.70 bits per heavy atom. The standard InChI is InChI=1S/C17H19N5O/c18-12-5-7-22(8-6-12)16-10-11-9-14(20-21-17(11)19-16)13-3-1-2-4-15(13)23/h1-4,9-10,12,23H,5-8,18H2,(H,19,21). The molecule has 0 spiro atoms. The number of anilines is 1. The molecule has 0 aliphatic carbocycles. The molecule has 3 aromatic rings. The van der Waals surface area contributed by atoms with Crippen molar-refractivity contribution in [3.8, 4) is 17.0 Å². The van der Waals surface area contributed by atoms with Gasteiger partial charge in [0.05, 0.1) is 5.69 Å². The Morgan fingerprint density at radius 2 is 1.91 bits per heavy atom. The van der Waals surface area contributed by atoms with Crippen LogP contribution in [0.25, 0.3) is 22.3 Å². The van der Waals surface area contributed by atoms with Crippen molar-refractivity contribution in [2.24, 2.45) is 5.73 Å². The predicted molar refractivity (Wildman–Crippen MR) is 90.4 cm³/mol. The van der Waals surface area contributed by atoms with E-state index in [1.54, 1.807) is 12.1 Å². The van der Waals surface area contributed by atoms with Gasteiger partial charge in [0, 0.05) is 30.1 Å². The number of aromatic nitrogens is 3. The number of hydrogen-bond donors (Lipinski definition) is 3. The zero-order chi connectivity index (χ0) is 15.8. The third-order valence-electron chi connectivity index (χ3n) is 4.42. The molecule has 2 aromatic heterocycles. The number of aromatic hydroxyl groups is 1. The molecule has 1 aliphatic heterocycles. The Morgan fingerprint density at radius 1 is 1.13 bits per heavy atom. The summed E-state index contributed by atoms with van der Waals surface area (Å²) < 4.78 is 0. The van der Waals surface area contributed by atoms with E-state index in [0.717, 1.165) is 42.8 Å². The first-order valence-corrected chi connectivity index (χ1v) is 7.86. The molecule has 4 rings (SSSR count). The van der Waals surface area contributed by atoms with Crippen molar-refractivity contribution in [2.45, 2.75) is 18.9 Å². The maximum atomic E-state index is 9.97. The summed E-state index contributed by atoms with van der Waals surface area (Å²) in [6.45, 7) is 1.90. The summed E-state index contributed by atoms with van der Waals surface area (Å²) in [5, 5.41) is 19.5. The van der Waals surface area contributed by atoms with Gasteiger partial charge in [-0.05, 0) is 37.1 Å². The summed E-state index contributed by atoms with van der Waals surface area (Å²) in [6.07, 6.45) is 2.01. The first-order valence-electron chi connectivity index (χ1n) is 7.86. The molecule has 6 nitrogen and oxygen atoms in total. The number of phenolic OH excluding ortho intramolecular Hbond substituents is 1. The van der Waals surface area contributed by atoms with Crippen molar-refractivity contribution in [1.82, 2.24) is 15.2 Å². The van der Waals surface area contributed by atoms with Gasteiger partial charge in [0.15, 0.2) is 5.65 Å². The summed E-state index contributed by atoms with van der Waals surface area (Å²) in [5.41, 5.74) is 8.08. The van der Waals surface area contributed by atoms with E-state index in [9.17, 15) is 5.11 Å². The highest BCUT2D eigenvalue weighted by Crippen LogP contribution is 2.30. The average Bonchev–Trinajstić information content (AvgIpc) is 2.99. The van der Waals surface area contributed by atoms with Crippen LogP contribution >= 0.6 is 0 Å². The number of nitrogens with one attached hydrogen (secondary N) is 1. The monoisotopic (exact) mass is 309 g/mol. The number of hydrogen-bond acceptors (Lipinski definition) is 5. The number of phenols is 1. The second-order valence-corrected chi connectivity index (χ2v) is 6.03. The second-order valence-electron chi connectivity index (χ2n) is 6.03. The lowest BCUT2D eigenvalue weighted by Gasteiger charge is -2.30. The van der Waals surface area contributed by atoms with Gasteiger partial charge in [-0.25, -0.2) is 0 Å². The van der Waals surface area contributed by atoms with Crippen LogP contribution < -0.4 is 10.6 Å². The minimum Gasteiger partial charge on any atom is -0.507 e. The molecule has 0 unspecified atom stereocenters. The van der Waals surface area contributed by atoms with Crippen molar-refractivity contribution >= 4 is 16.9 Å². The van der Waals surface area contributed by atoms with Gasteiger partial charge in [0.25, 0.3) is 0 Å². The fourth-order valence-corrected chi connectivity index (χ4v) is 3.05. The van der Waals surface area contributed by atoms with E-state index >= 15 is 0 Å². The van der Waals surface area contributed by atoms with Crippen molar-refractivity contribution < 1.29 is 5.11 Å². The van der Waals surface area contributed by atoms with E-state index in [1.807, 2.05) is 18.2 Å². The Bertz CT molecular complexity index is 836. The number of benzene rings is 1. The predicted octanol–water partition coefficient (Wildman–Crippen LogP) is 2.26.